The number of hydrogen-bond donors (Lipinski definition) is 1. The molecule has 0 unspecified atom stereocenters. The second kappa shape index (κ2) is 7.63. The van der Waals surface area contributed by atoms with Gasteiger partial charge < -0.3 is 19.3 Å². The van der Waals surface area contributed by atoms with Crippen LogP contribution in [-0.2, 0) is 22.6 Å². The zero-order valence-corrected chi connectivity index (χ0v) is 11.6. The maximum atomic E-state index is 10.6. The van der Waals surface area contributed by atoms with Gasteiger partial charge in [-0.1, -0.05) is 0 Å². The molecule has 106 valence electrons. The van der Waals surface area contributed by atoms with Crippen LogP contribution < -0.4 is 9.47 Å². The van der Waals surface area contributed by atoms with Gasteiger partial charge in [0.25, 0.3) is 0 Å². The highest BCUT2D eigenvalue weighted by Gasteiger charge is 2.12. The Morgan fingerprint density at radius 1 is 1.21 bits per heavy atom. The van der Waals surface area contributed by atoms with Gasteiger partial charge in [0.05, 0.1) is 20.8 Å². The normalized spacial score (nSPS) is 10.3. The van der Waals surface area contributed by atoms with Crippen LogP contribution in [0, 0.1) is 0 Å². The number of carbonyl (C=O) groups is 1. The van der Waals surface area contributed by atoms with E-state index < -0.39 is 5.97 Å². The summed E-state index contributed by atoms with van der Waals surface area (Å²) in [7, 11) is 4.80. The average molecular weight is 268 g/mol. The van der Waals surface area contributed by atoms with Crippen molar-refractivity contribution >= 4 is 5.97 Å². The van der Waals surface area contributed by atoms with Crippen LogP contribution in [0.5, 0.6) is 11.5 Å². The molecule has 0 fully saturated rings. The summed E-state index contributed by atoms with van der Waals surface area (Å²) in [5.41, 5.74) is 1.94. The van der Waals surface area contributed by atoms with E-state index in [-0.39, 0.29) is 6.42 Å². The van der Waals surface area contributed by atoms with E-state index in [0.717, 1.165) is 11.1 Å². The smallest absolute Gasteiger partial charge is 0.303 e. The summed E-state index contributed by atoms with van der Waals surface area (Å²) in [6.45, 7) is 0.440. The van der Waals surface area contributed by atoms with Crippen molar-refractivity contribution in [3.05, 3.63) is 23.3 Å². The number of hydrogen-bond acceptors (Lipinski definition) is 4. The summed E-state index contributed by atoms with van der Waals surface area (Å²) >= 11 is 0. The average Bonchev–Trinajstić information content (AvgIpc) is 2.39. The zero-order chi connectivity index (χ0) is 14.3. The van der Waals surface area contributed by atoms with Crippen molar-refractivity contribution in [1.82, 2.24) is 0 Å². The van der Waals surface area contributed by atoms with Crippen LogP contribution in [0.4, 0.5) is 0 Å². The van der Waals surface area contributed by atoms with Crippen molar-refractivity contribution in [2.24, 2.45) is 0 Å². The van der Waals surface area contributed by atoms with Crippen molar-refractivity contribution in [3.63, 3.8) is 0 Å². The molecule has 0 saturated carbocycles. The fourth-order valence-electron chi connectivity index (χ4n) is 1.96. The number of ether oxygens (including phenoxy) is 3. The molecule has 0 atom stereocenters. The van der Waals surface area contributed by atoms with Crippen molar-refractivity contribution in [2.45, 2.75) is 25.9 Å². The summed E-state index contributed by atoms with van der Waals surface area (Å²) in [4.78, 5) is 10.6. The van der Waals surface area contributed by atoms with Crippen LogP contribution in [-0.4, -0.2) is 32.4 Å². The third-order valence-electron chi connectivity index (χ3n) is 2.85. The molecule has 0 amide bonds. The summed E-state index contributed by atoms with van der Waals surface area (Å²) in [6.07, 6.45) is 1.34. The third kappa shape index (κ3) is 4.44. The first-order valence-electron chi connectivity index (χ1n) is 6.06. The fourth-order valence-corrected chi connectivity index (χ4v) is 1.96. The fraction of sp³-hybridized carbons (Fsp3) is 0.500. The Labute approximate surface area is 113 Å². The first kappa shape index (κ1) is 15.3. The molecule has 0 heterocycles. The molecule has 1 aromatic carbocycles. The van der Waals surface area contributed by atoms with Crippen molar-refractivity contribution < 1.29 is 24.1 Å². The number of carboxylic acid groups (broad SMARTS) is 1. The topological polar surface area (TPSA) is 65.0 Å². The van der Waals surface area contributed by atoms with Crippen LogP contribution in [0.1, 0.15) is 24.0 Å². The second-order valence-electron chi connectivity index (χ2n) is 4.15. The van der Waals surface area contributed by atoms with Gasteiger partial charge in [-0.05, 0) is 30.0 Å². The minimum atomic E-state index is -0.791. The summed E-state index contributed by atoms with van der Waals surface area (Å²) in [5, 5.41) is 8.70. The van der Waals surface area contributed by atoms with Crippen molar-refractivity contribution in [2.75, 3.05) is 21.3 Å². The number of rotatable bonds is 8. The van der Waals surface area contributed by atoms with Gasteiger partial charge in [0.15, 0.2) is 0 Å². The molecule has 19 heavy (non-hydrogen) atoms. The highest BCUT2D eigenvalue weighted by Crippen LogP contribution is 2.30. The second-order valence-corrected chi connectivity index (χ2v) is 4.15. The largest absolute Gasteiger partial charge is 0.497 e. The van der Waals surface area contributed by atoms with Gasteiger partial charge >= 0.3 is 5.97 Å². The van der Waals surface area contributed by atoms with Gasteiger partial charge in [0.2, 0.25) is 0 Å². The quantitative estimate of drug-likeness (QED) is 0.783. The van der Waals surface area contributed by atoms with E-state index in [9.17, 15) is 4.79 Å². The van der Waals surface area contributed by atoms with E-state index in [1.807, 2.05) is 6.07 Å². The van der Waals surface area contributed by atoms with Crippen LogP contribution in [0.2, 0.25) is 0 Å². The molecule has 0 aromatic heterocycles. The molecular formula is C14H20O5. The highest BCUT2D eigenvalue weighted by atomic mass is 16.5. The lowest BCUT2D eigenvalue weighted by atomic mass is 10.0. The molecule has 0 aliphatic heterocycles. The predicted molar refractivity (Wildman–Crippen MR) is 70.8 cm³/mol. The minimum Gasteiger partial charge on any atom is -0.497 e. The van der Waals surface area contributed by atoms with Gasteiger partial charge in [-0.2, -0.15) is 0 Å². The maximum Gasteiger partial charge on any atom is 0.303 e. The molecule has 0 aliphatic carbocycles. The Balaban J connectivity index is 2.99. The van der Waals surface area contributed by atoms with Gasteiger partial charge in [0.1, 0.15) is 11.5 Å². The molecule has 5 heteroatoms. The monoisotopic (exact) mass is 268 g/mol. The van der Waals surface area contributed by atoms with Gasteiger partial charge in [-0.15, -0.1) is 0 Å². The van der Waals surface area contributed by atoms with Crippen LogP contribution in [0.25, 0.3) is 0 Å². The summed E-state index contributed by atoms with van der Waals surface area (Å²) in [6, 6.07) is 3.69. The number of aliphatic carboxylic acids is 1. The molecule has 1 aromatic rings. The molecule has 1 N–H and O–H groups in total. The number of benzene rings is 1. The molecule has 0 saturated heterocycles. The lowest BCUT2D eigenvalue weighted by Gasteiger charge is -2.15. The van der Waals surface area contributed by atoms with Gasteiger partial charge in [-0.3, -0.25) is 4.79 Å². The van der Waals surface area contributed by atoms with E-state index in [4.69, 9.17) is 19.3 Å². The number of carboxylic acids is 1. The number of methoxy groups -OCH3 is 3. The first-order valence-corrected chi connectivity index (χ1v) is 6.06. The van der Waals surface area contributed by atoms with E-state index >= 15 is 0 Å². The minimum absolute atomic E-state index is 0.140. The molecule has 0 bridgehead atoms. The Morgan fingerprint density at radius 2 is 1.95 bits per heavy atom. The van der Waals surface area contributed by atoms with Crippen LogP contribution >= 0.6 is 0 Å². The van der Waals surface area contributed by atoms with Crippen LogP contribution in [0.3, 0.4) is 0 Å². The first-order chi connectivity index (χ1) is 9.12. The summed E-state index contributed by atoms with van der Waals surface area (Å²) in [5.74, 6) is 0.614. The third-order valence-corrected chi connectivity index (χ3v) is 2.85. The zero-order valence-electron chi connectivity index (χ0n) is 11.6. The lowest BCUT2D eigenvalue weighted by molar-refractivity contribution is -0.137. The van der Waals surface area contributed by atoms with Gasteiger partial charge in [0, 0.05) is 19.6 Å². The summed E-state index contributed by atoms with van der Waals surface area (Å²) < 4.78 is 15.7. The molecular weight excluding hydrogens is 248 g/mol. The predicted octanol–water partition coefficient (Wildman–Crippen LogP) is 2.26. The van der Waals surface area contributed by atoms with E-state index in [2.05, 4.69) is 0 Å². The highest BCUT2D eigenvalue weighted by molar-refractivity contribution is 5.66. The Morgan fingerprint density at radius 3 is 2.47 bits per heavy atom. The molecule has 0 spiro atoms. The Kier molecular flexibility index (Phi) is 6.15. The lowest BCUT2D eigenvalue weighted by Crippen LogP contribution is -2.03. The standard InChI is InChI=1S/C14H20O5/c1-17-9-10-7-11(18-2)8-13(19-3)12(10)5-4-6-14(15)16/h7-8H,4-6,9H2,1-3H3,(H,15,16). The van der Waals surface area contributed by atoms with E-state index in [1.165, 1.54) is 0 Å². The van der Waals surface area contributed by atoms with E-state index in [1.54, 1.807) is 27.4 Å². The molecule has 0 radical (unpaired) electrons. The maximum absolute atomic E-state index is 10.6. The molecule has 0 aliphatic rings. The van der Waals surface area contributed by atoms with E-state index in [0.29, 0.717) is 30.9 Å². The Hall–Kier alpha value is -1.75. The Bertz CT molecular complexity index is 428. The van der Waals surface area contributed by atoms with Crippen molar-refractivity contribution in [1.29, 1.82) is 0 Å². The molecule has 5 nitrogen and oxygen atoms in total. The van der Waals surface area contributed by atoms with Crippen molar-refractivity contribution in [3.8, 4) is 11.5 Å². The van der Waals surface area contributed by atoms with Crippen LogP contribution in [0.15, 0.2) is 12.1 Å². The van der Waals surface area contributed by atoms with Gasteiger partial charge in [-0.25, -0.2) is 0 Å². The molecule has 1 rings (SSSR count). The SMILES string of the molecule is COCc1cc(OC)cc(OC)c1CCCC(=O)O.